The summed E-state index contributed by atoms with van der Waals surface area (Å²) in [5, 5.41) is 2.55. The van der Waals surface area contributed by atoms with E-state index in [1.165, 1.54) is 11.3 Å². The Bertz CT molecular complexity index is 716. The van der Waals surface area contributed by atoms with Crippen LogP contribution in [-0.4, -0.2) is 48.6 Å². The van der Waals surface area contributed by atoms with Crippen LogP contribution in [0.25, 0.3) is 10.6 Å². The second kappa shape index (κ2) is 6.55. The van der Waals surface area contributed by atoms with Crippen LogP contribution in [0.15, 0.2) is 23.6 Å². The van der Waals surface area contributed by atoms with Gasteiger partial charge in [0, 0.05) is 30.6 Å². The topological polar surface area (TPSA) is 77.7 Å². The quantitative estimate of drug-likeness (QED) is 0.926. The lowest BCUT2D eigenvalue weighted by Gasteiger charge is -2.22. The van der Waals surface area contributed by atoms with Crippen LogP contribution in [-0.2, 0) is 0 Å². The summed E-state index contributed by atoms with van der Waals surface area (Å²) in [6.45, 7) is 3.43. The zero-order chi connectivity index (χ0) is 16.4. The van der Waals surface area contributed by atoms with Gasteiger partial charge in [-0.1, -0.05) is 0 Å². The number of nitrogens with zero attached hydrogens (tertiary/aromatic N) is 2. The van der Waals surface area contributed by atoms with Crippen LogP contribution in [0.3, 0.4) is 0 Å². The van der Waals surface area contributed by atoms with E-state index in [9.17, 15) is 4.79 Å². The molecule has 0 saturated carbocycles. The van der Waals surface area contributed by atoms with Crippen LogP contribution < -0.4 is 15.2 Å². The van der Waals surface area contributed by atoms with E-state index >= 15 is 0 Å². The average molecular weight is 333 g/mol. The number of carbonyl (C=O) groups excluding carboxylic acids is 1. The van der Waals surface area contributed by atoms with Gasteiger partial charge in [-0.2, -0.15) is 0 Å². The monoisotopic (exact) mass is 333 g/mol. The maximum Gasteiger partial charge on any atom is 0.273 e. The van der Waals surface area contributed by atoms with Crippen molar-refractivity contribution in [2.75, 3.05) is 26.8 Å². The standard InChI is InChI=1S/C16H19N3O3S/c1-10(8-17)19(2)16(20)12-9-23-15(18-12)11-3-4-13-14(7-11)22-6-5-21-13/h3-4,7,9-10H,5-6,8,17H2,1-2H3. The van der Waals surface area contributed by atoms with Gasteiger partial charge in [0.05, 0.1) is 0 Å². The lowest BCUT2D eigenvalue weighted by molar-refractivity contribution is 0.0743. The van der Waals surface area contributed by atoms with Crippen LogP contribution in [0.1, 0.15) is 17.4 Å². The maximum atomic E-state index is 12.4. The fraction of sp³-hybridized carbons (Fsp3) is 0.375. The molecule has 2 heterocycles. The predicted octanol–water partition coefficient (Wildman–Crippen LogP) is 2.00. The summed E-state index contributed by atoms with van der Waals surface area (Å²) in [7, 11) is 1.74. The Hall–Kier alpha value is -2.12. The Morgan fingerprint density at radius 2 is 2.13 bits per heavy atom. The molecule has 7 heteroatoms. The Morgan fingerprint density at radius 3 is 2.87 bits per heavy atom. The van der Waals surface area contributed by atoms with E-state index in [4.69, 9.17) is 15.2 Å². The molecule has 0 fully saturated rings. The van der Waals surface area contributed by atoms with Crippen molar-refractivity contribution in [3.05, 3.63) is 29.3 Å². The number of aromatic nitrogens is 1. The number of hydrogen-bond donors (Lipinski definition) is 1. The van der Waals surface area contributed by atoms with Crippen LogP contribution in [0.2, 0.25) is 0 Å². The smallest absolute Gasteiger partial charge is 0.273 e. The zero-order valence-electron chi connectivity index (χ0n) is 13.1. The Labute approximate surface area is 138 Å². The molecule has 0 radical (unpaired) electrons. The molecule has 6 nitrogen and oxygen atoms in total. The molecule has 1 aromatic heterocycles. The molecule has 0 bridgehead atoms. The first-order valence-corrected chi connectivity index (χ1v) is 8.31. The highest BCUT2D eigenvalue weighted by molar-refractivity contribution is 7.13. The molecule has 23 heavy (non-hydrogen) atoms. The van der Waals surface area contributed by atoms with Crippen LogP contribution in [0, 0.1) is 0 Å². The molecule has 122 valence electrons. The van der Waals surface area contributed by atoms with E-state index in [1.807, 2.05) is 25.1 Å². The lowest BCUT2D eigenvalue weighted by atomic mass is 10.2. The first-order chi connectivity index (χ1) is 11.1. The van der Waals surface area contributed by atoms with Gasteiger partial charge < -0.3 is 20.1 Å². The first-order valence-electron chi connectivity index (χ1n) is 7.43. The van der Waals surface area contributed by atoms with Crippen molar-refractivity contribution in [3.8, 4) is 22.1 Å². The first kappa shape index (κ1) is 15.8. The highest BCUT2D eigenvalue weighted by atomic mass is 32.1. The fourth-order valence-corrected chi connectivity index (χ4v) is 3.01. The van der Waals surface area contributed by atoms with Gasteiger partial charge in [0.1, 0.15) is 23.9 Å². The average Bonchev–Trinajstić information content (AvgIpc) is 3.09. The summed E-state index contributed by atoms with van der Waals surface area (Å²) in [6.07, 6.45) is 0. The van der Waals surface area contributed by atoms with E-state index in [0.717, 1.165) is 16.3 Å². The van der Waals surface area contributed by atoms with Crippen molar-refractivity contribution in [1.82, 2.24) is 9.88 Å². The van der Waals surface area contributed by atoms with Gasteiger partial charge >= 0.3 is 0 Å². The van der Waals surface area contributed by atoms with Crippen molar-refractivity contribution in [2.45, 2.75) is 13.0 Å². The van der Waals surface area contributed by atoms with Gasteiger partial charge in [0.25, 0.3) is 5.91 Å². The van der Waals surface area contributed by atoms with E-state index in [0.29, 0.717) is 31.2 Å². The van der Waals surface area contributed by atoms with Crippen molar-refractivity contribution < 1.29 is 14.3 Å². The summed E-state index contributed by atoms with van der Waals surface area (Å²) in [5.41, 5.74) is 6.96. The van der Waals surface area contributed by atoms with E-state index in [-0.39, 0.29) is 11.9 Å². The van der Waals surface area contributed by atoms with Crippen molar-refractivity contribution in [2.24, 2.45) is 5.73 Å². The molecule has 3 rings (SSSR count). The van der Waals surface area contributed by atoms with Crippen molar-refractivity contribution >= 4 is 17.2 Å². The van der Waals surface area contributed by atoms with Gasteiger partial charge in [-0.3, -0.25) is 4.79 Å². The number of benzene rings is 1. The summed E-state index contributed by atoms with van der Waals surface area (Å²) in [4.78, 5) is 18.5. The van der Waals surface area contributed by atoms with Gasteiger partial charge in [0.15, 0.2) is 11.5 Å². The largest absolute Gasteiger partial charge is 0.486 e. The second-order valence-electron chi connectivity index (χ2n) is 5.40. The number of amides is 1. The molecule has 1 aliphatic heterocycles. The predicted molar refractivity (Wildman–Crippen MR) is 89.1 cm³/mol. The molecule has 0 aliphatic carbocycles. The molecule has 1 amide bonds. The second-order valence-corrected chi connectivity index (χ2v) is 6.26. The fourth-order valence-electron chi connectivity index (χ4n) is 2.22. The number of nitrogens with two attached hydrogens (primary N) is 1. The number of hydrogen-bond acceptors (Lipinski definition) is 6. The number of fused-ring (bicyclic) bond motifs is 1. The molecule has 1 atom stereocenters. The molecule has 0 spiro atoms. The maximum absolute atomic E-state index is 12.4. The summed E-state index contributed by atoms with van der Waals surface area (Å²) >= 11 is 1.43. The summed E-state index contributed by atoms with van der Waals surface area (Å²) in [5.74, 6) is 1.33. The van der Waals surface area contributed by atoms with Gasteiger partial charge in [-0.05, 0) is 25.1 Å². The molecule has 1 unspecified atom stereocenters. The third-order valence-corrected chi connectivity index (χ3v) is 4.73. The highest BCUT2D eigenvalue weighted by Crippen LogP contribution is 2.35. The summed E-state index contributed by atoms with van der Waals surface area (Å²) in [6, 6.07) is 5.66. The minimum absolute atomic E-state index is 0.0260. The number of likely N-dealkylation sites (N-methyl/N-ethyl adjacent to an activating group) is 1. The molecule has 0 saturated heterocycles. The molecule has 2 aromatic rings. The molecule has 2 N–H and O–H groups in total. The van der Waals surface area contributed by atoms with E-state index in [1.54, 1.807) is 17.3 Å². The lowest BCUT2D eigenvalue weighted by Crippen LogP contribution is -2.39. The zero-order valence-corrected chi connectivity index (χ0v) is 13.9. The SMILES string of the molecule is CC(CN)N(C)C(=O)c1csc(-c2ccc3c(c2)OCCO3)n1. The molecular formula is C16H19N3O3S. The normalized spacial score (nSPS) is 14.4. The Balaban J connectivity index is 1.83. The number of thiazole rings is 1. The molecule has 1 aromatic carbocycles. The third-order valence-electron chi connectivity index (χ3n) is 3.84. The number of ether oxygens (including phenoxy) is 2. The van der Waals surface area contributed by atoms with Crippen molar-refractivity contribution in [1.29, 1.82) is 0 Å². The van der Waals surface area contributed by atoms with E-state index < -0.39 is 0 Å². The minimum Gasteiger partial charge on any atom is -0.486 e. The molecule has 1 aliphatic rings. The van der Waals surface area contributed by atoms with E-state index in [2.05, 4.69) is 4.98 Å². The van der Waals surface area contributed by atoms with Crippen LogP contribution >= 0.6 is 11.3 Å². The number of carbonyl (C=O) groups is 1. The van der Waals surface area contributed by atoms with Gasteiger partial charge in [-0.25, -0.2) is 4.98 Å². The van der Waals surface area contributed by atoms with Crippen molar-refractivity contribution in [3.63, 3.8) is 0 Å². The number of rotatable bonds is 4. The minimum atomic E-state index is -0.122. The Morgan fingerprint density at radius 1 is 1.39 bits per heavy atom. The van der Waals surface area contributed by atoms with Crippen LogP contribution in [0.4, 0.5) is 0 Å². The Kier molecular flexibility index (Phi) is 4.49. The van der Waals surface area contributed by atoms with Gasteiger partial charge in [0.2, 0.25) is 0 Å². The summed E-state index contributed by atoms with van der Waals surface area (Å²) < 4.78 is 11.1. The third kappa shape index (κ3) is 3.16. The van der Waals surface area contributed by atoms with Gasteiger partial charge in [-0.15, -0.1) is 11.3 Å². The van der Waals surface area contributed by atoms with Crippen LogP contribution in [0.5, 0.6) is 11.5 Å². The highest BCUT2D eigenvalue weighted by Gasteiger charge is 2.20. The molecular weight excluding hydrogens is 314 g/mol.